The highest BCUT2D eigenvalue weighted by molar-refractivity contribution is 5.84. The van der Waals surface area contributed by atoms with Gasteiger partial charge in [0.2, 0.25) is 0 Å². The first kappa shape index (κ1) is 79.7. The first-order valence-corrected chi connectivity index (χ1v) is 32.8. The van der Waals surface area contributed by atoms with Crippen LogP contribution in [0.25, 0.3) is 10.9 Å². The summed E-state index contributed by atoms with van der Waals surface area (Å²) >= 11 is 0. The average Bonchev–Trinajstić information content (AvgIpc) is 1.11. The van der Waals surface area contributed by atoms with Crippen LogP contribution in [-0.2, 0) is 87.0 Å². The minimum Gasteiger partial charge on any atom is -0.480 e. The van der Waals surface area contributed by atoms with Crippen LogP contribution in [-0.4, -0.2) is 438 Å². The Kier molecular flexibility index (Phi) is 26.6. The maximum Gasteiger partial charge on any atom is 0.321 e. The van der Waals surface area contributed by atoms with Crippen molar-refractivity contribution >= 4 is 16.9 Å². The van der Waals surface area contributed by atoms with Crippen LogP contribution in [0.15, 0.2) is 30.5 Å². The molecule has 16 bridgehead atoms. The van der Waals surface area contributed by atoms with Crippen LogP contribution in [0.1, 0.15) is 5.56 Å². The van der Waals surface area contributed by atoms with Crippen LogP contribution in [0.5, 0.6) is 0 Å². The smallest absolute Gasteiger partial charge is 0.321 e. The number of rotatable bonds is 13. The van der Waals surface area contributed by atoms with E-state index in [9.17, 15) is 127 Å². The maximum atomic E-state index is 12.9. The van der Waals surface area contributed by atoms with E-state index in [2.05, 4.69) is 10.3 Å². The number of aromatic nitrogens is 1. The molecule has 30 fully saturated rings. The second-order valence-electron chi connectivity index (χ2n) is 26.1. The van der Waals surface area contributed by atoms with Crippen molar-refractivity contribution in [3.63, 3.8) is 0 Å². The molecule has 26 N–H and O–H groups in total. The number of hydrogen-bond donors (Lipinski definition) is 26. The molecule has 31 heterocycles. The van der Waals surface area contributed by atoms with Gasteiger partial charge in [0.1, 0.15) is 201 Å². The summed E-state index contributed by atoms with van der Waals surface area (Å²) in [5, 5.41) is 273. The SMILES string of the molecule is O=C(O)[C@H](Cc1c[nH]c2ccccc12)NC[C@H]1O[C@@H]2O[C@H]3[C@@H](O)[C@H](O)[C@@H](O[C@H]4[C@@H](O)[C@H](O)[C@@H](O[C@H]5[C@H](O)[C@@H](O)[C@@H](O[C@H]6[C@@H](O)[C@H](O)[C@@H](O[C@H]7[C@H](O)[C@@H](O)[C@@H](O[C@H]8[C@H](O)[C@@H](O)[C@@H](O[C@H]9[C@H](O)[C@@H](O)[C@@H](O[C@H]1[C@H](O)[C@H]2O)O[C@@H]9CO)O[C@@H]8CO)O[C@@H]7CO)O[C@@H]6CO)O[C@@H]5CO)O[C@@H]4CO)O[C@@H]3CO. The summed E-state index contributed by atoms with van der Waals surface area (Å²) in [6.45, 7) is -8.43. The summed E-state index contributed by atoms with van der Waals surface area (Å²) in [7, 11) is 0. The number of carboxylic acid groups (broad SMARTS) is 1. The molecule has 102 heavy (non-hydrogen) atoms. The van der Waals surface area contributed by atoms with Crippen LogP contribution < -0.4 is 5.32 Å². The number of aliphatic carboxylic acids is 1. The zero-order valence-corrected chi connectivity index (χ0v) is 53.6. The number of aliphatic hydroxyl groups excluding tert-OH is 23. The van der Waals surface area contributed by atoms with Crippen molar-refractivity contribution < 1.29 is 203 Å². The van der Waals surface area contributed by atoms with Gasteiger partial charge in [-0.2, -0.15) is 0 Å². The number of benzene rings is 1. The number of nitrogens with one attached hydrogen (secondary N) is 2. The summed E-state index contributed by atoms with van der Waals surface area (Å²) in [6, 6.07) is 5.45. The average molecular weight is 1480 g/mol. The molecule has 1 aromatic carbocycles. The number of ether oxygens (including phenoxy) is 16. The van der Waals surface area contributed by atoms with E-state index >= 15 is 0 Å². The van der Waals surface area contributed by atoms with E-state index in [0.29, 0.717) is 16.5 Å². The molecule has 32 rings (SSSR count). The molecule has 30 saturated heterocycles. The van der Waals surface area contributed by atoms with Crippen LogP contribution >= 0.6 is 0 Å². The summed E-state index contributed by atoms with van der Waals surface area (Å²) in [5.74, 6) is -1.42. The fourth-order valence-corrected chi connectivity index (χ4v) is 13.9. The van der Waals surface area contributed by atoms with Crippen molar-refractivity contribution in [2.24, 2.45) is 0 Å². The minimum absolute atomic E-state index is 0.203. The van der Waals surface area contributed by atoms with Crippen LogP contribution in [0.3, 0.4) is 0 Å². The molecule has 43 heteroatoms. The van der Waals surface area contributed by atoms with Gasteiger partial charge in [0.05, 0.1) is 46.2 Å². The molecule has 0 amide bonds. The number of carboxylic acids is 1. The standard InChI is InChI=1S/C59H90N2O41/c62-8-20-44-29(71)37(79)54(89-20)98-46-22(10-64)91-56(39(81)31(46)73)100-48-24(12-66)93-58(41(83)33(48)75)102-50-26(14-68)94-59(42(84)34(50)76)101-49-25(13-67)92-57(40(82)32(49)74)99-47-23(11-65)90-55(38(80)30(47)72)97-45-21(9-63)88-53(36(78)28(45)70)95-43-19(87-52(96-44)35(77)27(43)69)7-61-18(51(85)86)5-15-6-60-17-4-2-1-3-16(15)17/h1-4,6,18-50,52-84H,5,7-14H2,(H,85,86)/t18-,19+,20+,21+,22+,23+,24+,25+,26+,27+,28+,29-,30+,31-,32+,33+,34-,35+,36+,37-,38+,39-,40+,41+,42-,43+,44+,45+,46+,47+,48+,49+,50+,52+,53+,54+,55+,56+,57+,58+,59+/m0/s1. The molecule has 0 unspecified atom stereocenters. The zero-order valence-electron chi connectivity index (χ0n) is 53.6. The lowest BCUT2D eigenvalue weighted by atomic mass is 9.94. The van der Waals surface area contributed by atoms with E-state index in [-0.39, 0.29) is 6.42 Å². The molecule has 30 aliphatic rings. The number of fused-ring (bicyclic) bond motifs is 1. The fraction of sp³-hybridized carbons (Fsp3) is 0.847. The van der Waals surface area contributed by atoms with Crippen LogP contribution in [0, 0.1) is 0 Å². The number of aliphatic hydroxyl groups is 23. The Hall–Kier alpha value is -3.37. The van der Waals surface area contributed by atoms with E-state index < -0.39 is 310 Å². The normalized spacial score (nSPS) is 49.7. The molecule has 2 aromatic rings. The molecular formula is C59H90N2O41. The molecule has 0 saturated carbocycles. The van der Waals surface area contributed by atoms with Gasteiger partial charge in [0.15, 0.2) is 50.3 Å². The van der Waals surface area contributed by atoms with Gasteiger partial charge in [-0.25, -0.2) is 0 Å². The van der Waals surface area contributed by atoms with Crippen molar-refractivity contribution in [2.45, 2.75) is 258 Å². The van der Waals surface area contributed by atoms with Gasteiger partial charge in [0, 0.05) is 30.1 Å². The lowest BCUT2D eigenvalue weighted by Crippen LogP contribution is -2.69. The summed E-state index contributed by atoms with van der Waals surface area (Å²) in [5.41, 5.74) is 1.18. The van der Waals surface area contributed by atoms with Gasteiger partial charge in [-0.05, 0) is 11.6 Å². The van der Waals surface area contributed by atoms with Crippen molar-refractivity contribution in [1.82, 2.24) is 10.3 Å². The Morgan fingerprint density at radius 1 is 0.324 bits per heavy atom. The first-order valence-electron chi connectivity index (χ1n) is 32.8. The Morgan fingerprint density at radius 2 is 0.539 bits per heavy atom. The molecule has 41 atom stereocenters. The monoisotopic (exact) mass is 1480 g/mol. The summed E-state index contributed by atoms with van der Waals surface area (Å²) in [4.78, 5) is 16.0. The maximum absolute atomic E-state index is 12.9. The molecule has 30 aliphatic heterocycles. The summed E-state index contributed by atoms with van der Waals surface area (Å²) < 4.78 is 93.1. The number of aromatic amines is 1. The molecule has 582 valence electrons. The molecular weight excluding hydrogens is 1390 g/mol. The van der Waals surface area contributed by atoms with E-state index in [1.807, 2.05) is 0 Å². The Morgan fingerprint density at radius 3 is 0.765 bits per heavy atom. The quantitative estimate of drug-likeness (QED) is 0.0885. The Bertz CT molecular complexity index is 2950. The van der Waals surface area contributed by atoms with Gasteiger partial charge in [-0.15, -0.1) is 0 Å². The predicted octanol–water partition coefficient (Wildman–Crippen LogP) is -15.6. The largest absolute Gasteiger partial charge is 0.480 e. The zero-order chi connectivity index (χ0) is 73.6. The number of hydrogen-bond acceptors (Lipinski definition) is 41. The lowest BCUT2D eigenvalue weighted by Gasteiger charge is -2.50. The Labute approximate surface area is 575 Å². The fourth-order valence-electron chi connectivity index (χ4n) is 13.9. The highest BCUT2D eigenvalue weighted by Gasteiger charge is 2.60. The van der Waals surface area contributed by atoms with Crippen molar-refractivity contribution in [1.29, 1.82) is 0 Å². The van der Waals surface area contributed by atoms with Gasteiger partial charge in [0.25, 0.3) is 0 Å². The van der Waals surface area contributed by atoms with E-state index in [1.165, 1.54) is 0 Å². The molecule has 43 nitrogen and oxygen atoms in total. The topological polar surface area (TPSA) is 678 Å². The highest BCUT2D eigenvalue weighted by atomic mass is 16.8. The minimum atomic E-state index is -2.33. The van der Waals surface area contributed by atoms with E-state index in [1.54, 1.807) is 30.5 Å². The number of para-hydroxylation sites is 1. The van der Waals surface area contributed by atoms with Crippen LogP contribution in [0.2, 0.25) is 0 Å². The van der Waals surface area contributed by atoms with Crippen LogP contribution in [0.4, 0.5) is 0 Å². The predicted molar refractivity (Wildman–Crippen MR) is 315 cm³/mol. The molecule has 0 spiro atoms. The van der Waals surface area contributed by atoms with Crippen molar-refractivity contribution in [3.05, 3.63) is 36.0 Å². The van der Waals surface area contributed by atoms with E-state index in [4.69, 9.17) is 75.8 Å². The summed E-state index contributed by atoms with van der Waals surface area (Å²) in [6.07, 6.45) is -82.3. The molecule has 1 aromatic heterocycles. The number of H-pyrrole nitrogens is 1. The first-order chi connectivity index (χ1) is 48.7. The van der Waals surface area contributed by atoms with Gasteiger partial charge in [-0.1, -0.05) is 18.2 Å². The van der Waals surface area contributed by atoms with Crippen molar-refractivity contribution in [3.8, 4) is 0 Å². The van der Waals surface area contributed by atoms with Gasteiger partial charge >= 0.3 is 5.97 Å². The van der Waals surface area contributed by atoms with Gasteiger partial charge in [-0.3, -0.25) is 4.79 Å². The third-order valence-corrected chi connectivity index (χ3v) is 19.7. The van der Waals surface area contributed by atoms with Crippen molar-refractivity contribution in [2.75, 3.05) is 52.8 Å². The molecule has 0 radical (unpaired) electrons. The number of carbonyl (C=O) groups is 1. The third-order valence-electron chi connectivity index (χ3n) is 19.7. The second kappa shape index (κ2) is 34.0. The second-order valence-corrected chi connectivity index (χ2v) is 26.1. The Balaban J connectivity index is 0.877. The third kappa shape index (κ3) is 15.9. The molecule has 0 aliphatic carbocycles. The lowest BCUT2D eigenvalue weighted by molar-refractivity contribution is -0.403. The van der Waals surface area contributed by atoms with E-state index in [0.717, 1.165) is 0 Å². The highest BCUT2D eigenvalue weighted by Crippen LogP contribution is 2.40. The van der Waals surface area contributed by atoms with Gasteiger partial charge < -0.3 is 209 Å².